The van der Waals surface area contributed by atoms with E-state index in [0.717, 1.165) is 51.1 Å². The van der Waals surface area contributed by atoms with Crippen LogP contribution in [0.2, 0.25) is 0 Å². The van der Waals surface area contributed by atoms with E-state index in [1.165, 1.54) is 5.56 Å². The van der Waals surface area contributed by atoms with Gasteiger partial charge in [0.1, 0.15) is 0 Å². The number of nitrogens with one attached hydrogen (secondary N) is 1. The molecule has 0 aromatic heterocycles. The van der Waals surface area contributed by atoms with Crippen LogP contribution in [0.1, 0.15) is 70.9 Å². The quantitative estimate of drug-likeness (QED) is 0.524. The minimum atomic E-state index is 0.0116. The van der Waals surface area contributed by atoms with Crippen LogP contribution in [0, 0.1) is 0 Å². The van der Waals surface area contributed by atoms with Crippen molar-refractivity contribution in [2.45, 2.75) is 72.9 Å². The van der Waals surface area contributed by atoms with Gasteiger partial charge < -0.3 is 10.2 Å². The summed E-state index contributed by atoms with van der Waals surface area (Å²) in [5, 5.41) is 2.96. The summed E-state index contributed by atoms with van der Waals surface area (Å²) in [4.78, 5) is 28.6. The van der Waals surface area contributed by atoms with Crippen molar-refractivity contribution in [2.75, 3.05) is 26.2 Å². The van der Waals surface area contributed by atoms with Crippen molar-refractivity contribution in [2.24, 2.45) is 0 Å². The third-order valence-corrected chi connectivity index (χ3v) is 4.95. The van der Waals surface area contributed by atoms with Gasteiger partial charge in [0.15, 0.2) is 0 Å². The standard InChI is InChI=1S/C23H39N3O2/c1-5-16-26(17-6-2)23(28)11-9-10-22(27)24-18-20-12-14-21(15-13-20)19-25(7-3)8-4/h12-15H,5-11,16-19H2,1-4H3,(H,24,27). The zero-order valence-electron chi connectivity index (χ0n) is 18.3. The van der Waals surface area contributed by atoms with E-state index in [0.29, 0.717) is 25.8 Å². The average Bonchev–Trinajstić information content (AvgIpc) is 2.71. The molecule has 0 saturated heterocycles. The predicted octanol–water partition coefficient (Wildman–Crippen LogP) is 3.96. The van der Waals surface area contributed by atoms with E-state index >= 15 is 0 Å². The molecule has 0 atom stereocenters. The molecule has 0 aliphatic carbocycles. The number of hydrogen-bond donors (Lipinski definition) is 1. The zero-order valence-corrected chi connectivity index (χ0v) is 18.3. The molecule has 0 radical (unpaired) electrons. The SMILES string of the molecule is CCCN(CCC)C(=O)CCCC(=O)NCc1ccc(CN(CC)CC)cc1. The van der Waals surface area contributed by atoms with Gasteiger partial charge in [0.2, 0.25) is 11.8 Å². The third-order valence-electron chi connectivity index (χ3n) is 4.95. The Hall–Kier alpha value is -1.88. The molecule has 1 aromatic rings. The first-order valence-corrected chi connectivity index (χ1v) is 10.9. The average molecular weight is 390 g/mol. The van der Waals surface area contributed by atoms with Crippen molar-refractivity contribution in [3.63, 3.8) is 0 Å². The Morgan fingerprint density at radius 3 is 1.96 bits per heavy atom. The molecule has 0 unspecified atom stereocenters. The van der Waals surface area contributed by atoms with Crippen LogP contribution in [0.3, 0.4) is 0 Å². The van der Waals surface area contributed by atoms with Gasteiger partial charge in [0.05, 0.1) is 0 Å². The monoisotopic (exact) mass is 389 g/mol. The molecule has 5 heteroatoms. The fourth-order valence-electron chi connectivity index (χ4n) is 3.22. The highest BCUT2D eigenvalue weighted by Crippen LogP contribution is 2.08. The number of hydrogen-bond acceptors (Lipinski definition) is 3. The normalized spacial score (nSPS) is 10.9. The molecule has 0 aliphatic heterocycles. The summed E-state index contributed by atoms with van der Waals surface area (Å²) in [7, 11) is 0. The van der Waals surface area contributed by atoms with E-state index in [1.54, 1.807) is 0 Å². The Balaban J connectivity index is 2.31. The fourth-order valence-corrected chi connectivity index (χ4v) is 3.22. The molecule has 0 spiro atoms. The van der Waals surface area contributed by atoms with Crippen molar-refractivity contribution in [3.05, 3.63) is 35.4 Å². The van der Waals surface area contributed by atoms with Gasteiger partial charge in [-0.25, -0.2) is 0 Å². The Labute approximate surface area is 171 Å². The highest BCUT2D eigenvalue weighted by atomic mass is 16.2. The summed E-state index contributed by atoms with van der Waals surface area (Å²) in [6.07, 6.45) is 3.41. The molecular formula is C23H39N3O2. The van der Waals surface area contributed by atoms with E-state index in [2.05, 4.69) is 62.2 Å². The molecule has 28 heavy (non-hydrogen) atoms. The van der Waals surface area contributed by atoms with Gasteiger partial charge in [-0.15, -0.1) is 0 Å². The summed E-state index contributed by atoms with van der Waals surface area (Å²) < 4.78 is 0. The Morgan fingerprint density at radius 2 is 1.43 bits per heavy atom. The topological polar surface area (TPSA) is 52.7 Å². The third kappa shape index (κ3) is 9.36. The van der Waals surface area contributed by atoms with Crippen molar-refractivity contribution in [3.8, 4) is 0 Å². The van der Waals surface area contributed by atoms with E-state index in [9.17, 15) is 9.59 Å². The van der Waals surface area contributed by atoms with Crippen LogP contribution in [-0.4, -0.2) is 47.8 Å². The highest BCUT2D eigenvalue weighted by molar-refractivity contribution is 5.78. The number of carbonyl (C=O) groups excluding carboxylic acids is 2. The smallest absolute Gasteiger partial charge is 0.222 e. The van der Waals surface area contributed by atoms with Gasteiger partial charge in [-0.1, -0.05) is 52.0 Å². The summed E-state index contributed by atoms with van der Waals surface area (Å²) in [5.41, 5.74) is 2.39. The van der Waals surface area contributed by atoms with Crippen molar-refractivity contribution < 1.29 is 9.59 Å². The van der Waals surface area contributed by atoms with Gasteiger partial charge in [-0.2, -0.15) is 0 Å². The first-order chi connectivity index (χ1) is 13.5. The van der Waals surface area contributed by atoms with Crippen LogP contribution in [0.15, 0.2) is 24.3 Å². The maximum atomic E-state index is 12.2. The molecule has 2 amide bonds. The lowest BCUT2D eigenvalue weighted by Crippen LogP contribution is -2.32. The number of benzene rings is 1. The number of amides is 2. The van der Waals surface area contributed by atoms with E-state index < -0.39 is 0 Å². The molecule has 0 aliphatic rings. The molecule has 0 fully saturated rings. The van der Waals surface area contributed by atoms with Crippen LogP contribution in [0.4, 0.5) is 0 Å². The lowest BCUT2D eigenvalue weighted by Gasteiger charge is -2.21. The summed E-state index contributed by atoms with van der Waals surface area (Å²) in [6.45, 7) is 13.7. The summed E-state index contributed by atoms with van der Waals surface area (Å²) in [5.74, 6) is 0.179. The minimum absolute atomic E-state index is 0.0116. The molecular weight excluding hydrogens is 350 g/mol. The molecule has 0 bridgehead atoms. The molecule has 158 valence electrons. The molecule has 0 saturated carbocycles. The van der Waals surface area contributed by atoms with E-state index in [-0.39, 0.29) is 11.8 Å². The number of nitrogens with zero attached hydrogens (tertiary/aromatic N) is 2. The maximum Gasteiger partial charge on any atom is 0.222 e. The minimum Gasteiger partial charge on any atom is -0.352 e. The van der Waals surface area contributed by atoms with Gasteiger partial charge in [-0.05, 0) is 43.5 Å². The largest absolute Gasteiger partial charge is 0.352 e. The van der Waals surface area contributed by atoms with Crippen molar-refractivity contribution in [1.82, 2.24) is 15.1 Å². The Kier molecular flexibility index (Phi) is 12.2. The second kappa shape index (κ2) is 14.2. The number of rotatable bonds is 14. The summed E-state index contributed by atoms with van der Waals surface area (Å²) in [6, 6.07) is 8.43. The van der Waals surface area contributed by atoms with Crippen LogP contribution >= 0.6 is 0 Å². The van der Waals surface area contributed by atoms with Gasteiger partial charge >= 0.3 is 0 Å². The first-order valence-electron chi connectivity index (χ1n) is 10.9. The molecule has 1 aromatic carbocycles. The molecule has 0 heterocycles. The van der Waals surface area contributed by atoms with Crippen molar-refractivity contribution >= 4 is 11.8 Å². The highest BCUT2D eigenvalue weighted by Gasteiger charge is 2.12. The fraction of sp³-hybridized carbons (Fsp3) is 0.652. The van der Waals surface area contributed by atoms with Crippen LogP contribution in [0.25, 0.3) is 0 Å². The molecule has 1 rings (SSSR count). The molecule has 1 N–H and O–H groups in total. The first kappa shape index (κ1) is 24.2. The zero-order chi connectivity index (χ0) is 20.8. The second-order valence-electron chi connectivity index (χ2n) is 7.29. The Bertz CT molecular complexity index is 562. The van der Waals surface area contributed by atoms with Gasteiger partial charge in [-0.3, -0.25) is 14.5 Å². The van der Waals surface area contributed by atoms with Gasteiger partial charge in [0, 0.05) is 39.0 Å². The predicted molar refractivity (Wildman–Crippen MR) is 116 cm³/mol. The maximum absolute atomic E-state index is 12.2. The summed E-state index contributed by atoms with van der Waals surface area (Å²) >= 11 is 0. The van der Waals surface area contributed by atoms with Gasteiger partial charge in [0.25, 0.3) is 0 Å². The Morgan fingerprint density at radius 1 is 0.857 bits per heavy atom. The second-order valence-corrected chi connectivity index (χ2v) is 7.29. The van der Waals surface area contributed by atoms with Crippen LogP contribution in [0.5, 0.6) is 0 Å². The van der Waals surface area contributed by atoms with E-state index in [4.69, 9.17) is 0 Å². The van der Waals surface area contributed by atoms with Crippen LogP contribution in [-0.2, 0) is 22.7 Å². The lowest BCUT2D eigenvalue weighted by atomic mass is 10.1. The van der Waals surface area contributed by atoms with Crippen LogP contribution < -0.4 is 5.32 Å². The van der Waals surface area contributed by atoms with Crippen molar-refractivity contribution in [1.29, 1.82) is 0 Å². The lowest BCUT2D eigenvalue weighted by molar-refractivity contribution is -0.131. The van der Waals surface area contributed by atoms with E-state index in [1.807, 2.05) is 4.90 Å². The molecule has 5 nitrogen and oxygen atoms in total. The number of carbonyl (C=O) groups is 2.